The third-order valence-electron chi connectivity index (χ3n) is 2.87. The molecule has 0 aliphatic carbocycles. The zero-order valence-electron chi connectivity index (χ0n) is 12.5. The maximum atomic E-state index is 12.0. The Bertz CT molecular complexity index is 495. The number of carbonyl (C=O) groups is 2. The van der Waals surface area contributed by atoms with Crippen LogP contribution in [0.25, 0.3) is 0 Å². The molecule has 0 saturated heterocycles. The van der Waals surface area contributed by atoms with Gasteiger partial charge in [0.05, 0.1) is 18.2 Å². The molecule has 6 nitrogen and oxygen atoms in total. The van der Waals surface area contributed by atoms with E-state index in [1.165, 1.54) is 12.0 Å². The van der Waals surface area contributed by atoms with Gasteiger partial charge in [-0.05, 0) is 18.6 Å². The van der Waals surface area contributed by atoms with Gasteiger partial charge in [-0.1, -0.05) is 23.7 Å². The third kappa shape index (κ3) is 6.78. The molecule has 22 heavy (non-hydrogen) atoms. The fraction of sp³-hybridized carbons (Fsp3) is 0.467. The van der Waals surface area contributed by atoms with Crippen molar-refractivity contribution in [3.05, 3.63) is 29.3 Å². The summed E-state index contributed by atoms with van der Waals surface area (Å²) in [5, 5.41) is 9.32. The lowest BCUT2D eigenvalue weighted by Crippen LogP contribution is -2.38. The Morgan fingerprint density at radius 3 is 2.64 bits per heavy atom. The average Bonchev–Trinajstić information content (AvgIpc) is 2.49. The van der Waals surface area contributed by atoms with Crippen LogP contribution in [0.5, 0.6) is 5.75 Å². The maximum Gasteiger partial charge on any atom is 0.323 e. The number of halogens is 1. The number of hydrogen-bond acceptors (Lipinski definition) is 4. The van der Waals surface area contributed by atoms with Gasteiger partial charge >= 0.3 is 5.97 Å². The zero-order valence-corrected chi connectivity index (χ0v) is 13.2. The highest BCUT2D eigenvalue weighted by atomic mass is 35.5. The highest BCUT2D eigenvalue weighted by Crippen LogP contribution is 2.23. The van der Waals surface area contributed by atoms with Gasteiger partial charge in [0.25, 0.3) is 0 Å². The Kier molecular flexibility index (Phi) is 8.32. The Morgan fingerprint density at radius 2 is 2.00 bits per heavy atom. The van der Waals surface area contributed by atoms with Gasteiger partial charge in [-0.15, -0.1) is 0 Å². The topological polar surface area (TPSA) is 76.1 Å². The third-order valence-corrected chi connectivity index (χ3v) is 3.19. The molecule has 0 aliphatic rings. The number of nitrogens with zero attached hydrogens (tertiary/aromatic N) is 1. The van der Waals surface area contributed by atoms with E-state index >= 15 is 0 Å². The van der Waals surface area contributed by atoms with Gasteiger partial charge in [-0.25, -0.2) is 0 Å². The van der Waals surface area contributed by atoms with Gasteiger partial charge in [0.1, 0.15) is 12.3 Å². The molecule has 0 bridgehead atoms. The quantitative estimate of drug-likeness (QED) is 0.665. The van der Waals surface area contributed by atoms with Crippen LogP contribution in [0, 0.1) is 0 Å². The highest BCUT2D eigenvalue weighted by Gasteiger charge is 2.16. The van der Waals surface area contributed by atoms with Crippen LogP contribution >= 0.6 is 11.6 Å². The van der Waals surface area contributed by atoms with Crippen LogP contribution in [-0.2, 0) is 14.3 Å². The summed E-state index contributed by atoms with van der Waals surface area (Å²) in [4.78, 5) is 24.0. The number of hydrogen-bond donors (Lipinski definition) is 1. The van der Waals surface area contributed by atoms with Crippen molar-refractivity contribution in [3.8, 4) is 5.75 Å². The summed E-state index contributed by atoms with van der Waals surface area (Å²) in [6.45, 7) is 0.566. The summed E-state index contributed by atoms with van der Waals surface area (Å²) in [6, 6.07) is 7.09. The first-order valence-corrected chi connectivity index (χ1v) is 7.28. The van der Waals surface area contributed by atoms with Gasteiger partial charge in [0, 0.05) is 20.1 Å². The van der Waals surface area contributed by atoms with E-state index in [0.717, 1.165) is 0 Å². The minimum Gasteiger partial charge on any atom is -0.492 e. The smallest absolute Gasteiger partial charge is 0.323 e. The number of rotatable bonds is 10. The van der Waals surface area contributed by atoms with Crippen molar-refractivity contribution in [1.29, 1.82) is 0 Å². The van der Waals surface area contributed by atoms with Crippen molar-refractivity contribution in [1.82, 2.24) is 4.90 Å². The fourth-order valence-corrected chi connectivity index (χ4v) is 1.97. The second-order valence-corrected chi connectivity index (χ2v) is 4.99. The summed E-state index contributed by atoms with van der Waals surface area (Å²) < 4.78 is 10.4. The molecule has 0 fully saturated rings. The average molecular weight is 330 g/mol. The van der Waals surface area contributed by atoms with E-state index in [2.05, 4.69) is 0 Å². The molecule has 1 aromatic rings. The first-order chi connectivity index (χ1) is 10.5. The molecule has 0 aromatic heterocycles. The molecule has 0 aliphatic heterocycles. The molecule has 0 heterocycles. The lowest BCUT2D eigenvalue weighted by Gasteiger charge is -2.20. The molecule has 1 amide bonds. The summed E-state index contributed by atoms with van der Waals surface area (Å²) in [5.74, 6) is -0.711. The predicted octanol–water partition coefficient (Wildman–Crippen LogP) is 2.06. The van der Waals surface area contributed by atoms with Gasteiger partial charge in [0.15, 0.2) is 0 Å². The van der Waals surface area contributed by atoms with Crippen molar-refractivity contribution in [2.75, 3.05) is 33.4 Å². The molecule has 0 saturated carbocycles. The van der Waals surface area contributed by atoms with Crippen molar-refractivity contribution in [2.45, 2.75) is 12.8 Å². The summed E-state index contributed by atoms with van der Waals surface area (Å²) in [5.41, 5.74) is 0. The molecule has 7 heteroatoms. The molecule has 122 valence electrons. The van der Waals surface area contributed by atoms with E-state index < -0.39 is 5.97 Å². The monoisotopic (exact) mass is 329 g/mol. The van der Waals surface area contributed by atoms with E-state index in [4.69, 9.17) is 26.2 Å². The van der Waals surface area contributed by atoms with Crippen LogP contribution in [0.2, 0.25) is 5.02 Å². The summed E-state index contributed by atoms with van der Waals surface area (Å²) >= 11 is 5.95. The number of carbonyl (C=O) groups excluding carboxylic acids is 1. The molecule has 0 unspecified atom stereocenters. The minimum atomic E-state index is -1.04. The normalized spacial score (nSPS) is 10.3. The summed E-state index contributed by atoms with van der Waals surface area (Å²) in [7, 11) is 1.50. The molecular formula is C15H20ClNO5. The number of methoxy groups -OCH3 is 1. The van der Waals surface area contributed by atoms with E-state index in [1.807, 2.05) is 6.07 Å². The van der Waals surface area contributed by atoms with Crippen LogP contribution in [0.3, 0.4) is 0 Å². The molecule has 0 atom stereocenters. The largest absolute Gasteiger partial charge is 0.492 e. The van der Waals surface area contributed by atoms with E-state index in [1.54, 1.807) is 18.2 Å². The van der Waals surface area contributed by atoms with Crippen LogP contribution in [-0.4, -0.2) is 55.3 Å². The predicted molar refractivity (Wildman–Crippen MR) is 82.3 cm³/mol. The van der Waals surface area contributed by atoms with Gasteiger partial charge in [-0.2, -0.15) is 0 Å². The number of ether oxygens (including phenoxy) is 2. The number of benzene rings is 1. The Labute approximate surface area is 134 Å². The van der Waals surface area contributed by atoms with E-state index in [-0.39, 0.29) is 25.4 Å². The Balaban J connectivity index is 2.36. The van der Waals surface area contributed by atoms with E-state index in [9.17, 15) is 9.59 Å². The van der Waals surface area contributed by atoms with Crippen molar-refractivity contribution in [2.24, 2.45) is 0 Å². The summed E-state index contributed by atoms with van der Waals surface area (Å²) in [6.07, 6.45) is 0.689. The Hall–Kier alpha value is -1.79. The van der Waals surface area contributed by atoms with Gasteiger partial charge in [-0.3, -0.25) is 9.59 Å². The molecule has 1 N–H and O–H groups in total. The Morgan fingerprint density at radius 1 is 1.27 bits per heavy atom. The standard InChI is InChI=1S/C15H20ClNO5/c1-21-10-8-17(11-15(19)20)14(18)7-4-9-22-13-6-3-2-5-12(13)16/h2-3,5-6H,4,7-11H2,1H3,(H,19,20). The lowest BCUT2D eigenvalue weighted by atomic mass is 10.2. The lowest BCUT2D eigenvalue weighted by molar-refractivity contribution is -0.145. The zero-order chi connectivity index (χ0) is 16.4. The van der Waals surface area contributed by atoms with Gasteiger partial charge in [0.2, 0.25) is 5.91 Å². The van der Waals surface area contributed by atoms with Crippen molar-refractivity contribution < 1.29 is 24.2 Å². The van der Waals surface area contributed by atoms with Crippen molar-refractivity contribution >= 4 is 23.5 Å². The number of para-hydroxylation sites is 1. The number of carboxylic acids is 1. The molecule has 0 spiro atoms. The number of aliphatic carboxylic acids is 1. The van der Waals surface area contributed by atoms with Crippen LogP contribution in [0.4, 0.5) is 0 Å². The van der Waals surface area contributed by atoms with Crippen molar-refractivity contribution in [3.63, 3.8) is 0 Å². The van der Waals surface area contributed by atoms with E-state index in [0.29, 0.717) is 30.4 Å². The second kappa shape index (κ2) is 10.0. The second-order valence-electron chi connectivity index (χ2n) is 4.58. The molecule has 1 rings (SSSR count). The molecule has 0 radical (unpaired) electrons. The molecule has 1 aromatic carbocycles. The van der Waals surface area contributed by atoms with Crippen LogP contribution in [0.15, 0.2) is 24.3 Å². The van der Waals surface area contributed by atoms with Gasteiger partial charge < -0.3 is 19.5 Å². The highest BCUT2D eigenvalue weighted by molar-refractivity contribution is 6.32. The fourth-order valence-electron chi connectivity index (χ4n) is 1.78. The first-order valence-electron chi connectivity index (χ1n) is 6.90. The van der Waals surface area contributed by atoms with Crippen LogP contribution < -0.4 is 4.74 Å². The first kappa shape index (κ1) is 18.3. The number of carboxylic acid groups (broad SMARTS) is 1. The minimum absolute atomic E-state index is 0.210. The molecular weight excluding hydrogens is 310 g/mol. The SMILES string of the molecule is COCCN(CC(=O)O)C(=O)CCCOc1ccccc1Cl. The number of amides is 1. The maximum absolute atomic E-state index is 12.0. The van der Waals surface area contributed by atoms with Crippen LogP contribution in [0.1, 0.15) is 12.8 Å².